The van der Waals surface area contributed by atoms with Crippen molar-refractivity contribution >= 4 is 38.0 Å². The number of hydrogen-bond donors (Lipinski definition) is 2. The Labute approximate surface area is 157 Å². The molecule has 3 aliphatic heterocycles. The van der Waals surface area contributed by atoms with E-state index in [1.807, 2.05) is 0 Å². The van der Waals surface area contributed by atoms with E-state index in [9.17, 15) is 24.6 Å². The molecule has 0 spiro atoms. The van der Waals surface area contributed by atoms with Crippen molar-refractivity contribution < 1.29 is 29.0 Å². The molecule has 10 heteroatoms. The highest BCUT2D eigenvalue weighted by atomic mass is 32.2. The van der Waals surface area contributed by atoms with E-state index in [0.717, 1.165) is 9.81 Å². The van der Waals surface area contributed by atoms with Crippen molar-refractivity contribution in [3.8, 4) is 0 Å². The summed E-state index contributed by atoms with van der Waals surface area (Å²) in [4.78, 5) is 38.9. The van der Waals surface area contributed by atoms with Crippen molar-refractivity contribution in [2.45, 2.75) is 57.0 Å². The Balaban J connectivity index is 1.91. The van der Waals surface area contributed by atoms with Crippen LogP contribution in [0.5, 0.6) is 0 Å². The lowest BCUT2D eigenvalue weighted by Gasteiger charge is -2.51. The Morgan fingerprint density at radius 1 is 1.27 bits per heavy atom. The summed E-state index contributed by atoms with van der Waals surface area (Å²) in [5, 5.41) is 19.0. The molecule has 0 radical (unpaired) electrons. The monoisotopic (exact) mass is 400 g/mol. The molecule has 144 valence electrons. The third kappa shape index (κ3) is 2.66. The molecule has 2 unspecified atom stereocenters. The second-order valence-electron chi connectivity index (χ2n) is 8.34. The minimum absolute atomic E-state index is 0.0208. The number of nitrogens with zero attached hydrogens (tertiary/aromatic N) is 2. The summed E-state index contributed by atoms with van der Waals surface area (Å²) in [5.41, 5.74) is 0.596. The number of amides is 2. The molecule has 2 saturated heterocycles. The average molecular weight is 401 g/mol. The number of carbonyl (C=O) groups excluding carboxylic acids is 1. The van der Waals surface area contributed by atoms with Gasteiger partial charge in [0.2, 0.25) is 5.91 Å². The quantitative estimate of drug-likeness (QED) is 0.549. The standard InChI is InChI=1S/C16H24N2O6SSi/c1-16(2,3)26(4,5)24-6-8-9(14(20)21)18-10-11(13(18)19)17(15(22)23)7-25-12(8)10/h9-11H,6-7H2,1-5H3,(H,20,21)(H,22,23)/t9?,10?,11-/m0/s1. The lowest BCUT2D eigenvalue weighted by Crippen LogP contribution is -2.73. The van der Waals surface area contributed by atoms with Crippen LogP contribution >= 0.6 is 11.8 Å². The molecule has 3 aliphatic rings. The molecule has 0 saturated carbocycles. The smallest absolute Gasteiger partial charge is 0.408 e. The summed E-state index contributed by atoms with van der Waals surface area (Å²) in [6, 6.07) is -2.36. The van der Waals surface area contributed by atoms with Crippen molar-refractivity contribution in [3.63, 3.8) is 0 Å². The van der Waals surface area contributed by atoms with Gasteiger partial charge in [0.1, 0.15) is 6.04 Å². The normalized spacial score (nSPS) is 28.2. The molecule has 0 aromatic carbocycles. The minimum atomic E-state index is -2.09. The van der Waals surface area contributed by atoms with Crippen LogP contribution in [-0.4, -0.2) is 76.9 Å². The summed E-state index contributed by atoms with van der Waals surface area (Å²) in [6.45, 7) is 10.7. The molecular formula is C16H24N2O6SSi. The van der Waals surface area contributed by atoms with Crippen LogP contribution in [0.4, 0.5) is 4.79 Å². The van der Waals surface area contributed by atoms with Gasteiger partial charge >= 0.3 is 12.1 Å². The highest BCUT2D eigenvalue weighted by Crippen LogP contribution is 2.50. The first-order valence-corrected chi connectivity index (χ1v) is 12.3. The SMILES string of the molecule is CC(C)(C)[Si](C)(C)OCC1=C2SCN(C(=O)O)[C@@H]3C(=O)N(C1C(=O)O)C23. The van der Waals surface area contributed by atoms with E-state index >= 15 is 0 Å². The van der Waals surface area contributed by atoms with Crippen LogP contribution in [0.2, 0.25) is 18.1 Å². The Kier molecular flexibility index (Phi) is 4.44. The highest BCUT2D eigenvalue weighted by molar-refractivity contribution is 8.03. The fourth-order valence-corrected chi connectivity index (χ4v) is 5.58. The van der Waals surface area contributed by atoms with E-state index in [1.165, 1.54) is 16.7 Å². The van der Waals surface area contributed by atoms with Gasteiger partial charge in [-0.25, -0.2) is 9.59 Å². The molecule has 0 aliphatic carbocycles. The van der Waals surface area contributed by atoms with Gasteiger partial charge in [-0.05, 0) is 23.7 Å². The molecule has 3 rings (SSSR count). The van der Waals surface area contributed by atoms with Crippen LogP contribution < -0.4 is 0 Å². The minimum Gasteiger partial charge on any atom is -0.479 e. The van der Waals surface area contributed by atoms with E-state index in [2.05, 4.69) is 33.9 Å². The summed E-state index contributed by atoms with van der Waals surface area (Å²) >= 11 is 1.30. The Hall–Kier alpha value is -1.52. The number of carbonyl (C=O) groups is 3. The van der Waals surface area contributed by atoms with E-state index in [-0.39, 0.29) is 17.5 Å². The topological polar surface area (TPSA) is 107 Å². The Bertz CT molecular complexity index is 716. The fraction of sp³-hybridized carbons (Fsp3) is 0.688. The maximum absolute atomic E-state index is 12.5. The van der Waals surface area contributed by atoms with E-state index in [1.54, 1.807) is 0 Å². The first-order valence-electron chi connectivity index (χ1n) is 8.42. The van der Waals surface area contributed by atoms with Crippen molar-refractivity contribution in [2.75, 3.05) is 12.5 Å². The zero-order valence-corrected chi connectivity index (χ0v) is 17.3. The maximum atomic E-state index is 12.5. The molecule has 0 aromatic heterocycles. The number of rotatable bonds is 4. The zero-order valence-electron chi connectivity index (χ0n) is 15.5. The van der Waals surface area contributed by atoms with Gasteiger partial charge < -0.3 is 19.5 Å². The predicted molar refractivity (Wildman–Crippen MR) is 98.3 cm³/mol. The van der Waals surface area contributed by atoms with E-state index < -0.39 is 44.4 Å². The summed E-state index contributed by atoms with van der Waals surface area (Å²) in [5.74, 6) is -1.42. The lowest BCUT2D eigenvalue weighted by molar-refractivity contribution is -0.163. The number of carboxylic acid groups (broad SMARTS) is 2. The summed E-state index contributed by atoms with van der Waals surface area (Å²) in [6.07, 6.45) is -1.16. The first kappa shape index (κ1) is 19.2. The molecular weight excluding hydrogens is 376 g/mol. The van der Waals surface area contributed by atoms with Crippen molar-refractivity contribution in [1.29, 1.82) is 0 Å². The molecule has 8 nitrogen and oxygen atoms in total. The van der Waals surface area contributed by atoms with Gasteiger partial charge in [0.05, 0.1) is 18.5 Å². The molecule has 3 atom stereocenters. The van der Waals surface area contributed by atoms with Gasteiger partial charge in [-0.1, -0.05) is 20.8 Å². The van der Waals surface area contributed by atoms with Crippen LogP contribution in [-0.2, 0) is 14.0 Å². The third-order valence-corrected chi connectivity index (χ3v) is 11.6. The van der Waals surface area contributed by atoms with Gasteiger partial charge in [0.25, 0.3) is 0 Å². The lowest BCUT2D eigenvalue weighted by atomic mass is 9.95. The third-order valence-electron chi connectivity index (χ3n) is 5.87. The fourth-order valence-electron chi connectivity index (χ4n) is 3.31. The van der Waals surface area contributed by atoms with Gasteiger partial charge in [-0.2, -0.15) is 0 Å². The van der Waals surface area contributed by atoms with Crippen LogP contribution in [0.25, 0.3) is 0 Å². The number of hydrogen-bond acceptors (Lipinski definition) is 5. The zero-order chi connectivity index (χ0) is 19.6. The van der Waals surface area contributed by atoms with E-state index in [4.69, 9.17) is 4.43 Å². The molecule has 26 heavy (non-hydrogen) atoms. The van der Waals surface area contributed by atoms with Crippen LogP contribution in [0.3, 0.4) is 0 Å². The maximum Gasteiger partial charge on any atom is 0.408 e. The van der Waals surface area contributed by atoms with E-state index in [0.29, 0.717) is 5.57 Å². The van der Waals surface area contributed by atoms with Gasteiger partial charge in [-0.3, -0.25) is 9.69 Å². The van der Waals surface area contributed by atoms with Crippen LogP contribution in [0, 0.1) is 0 Å². The second kappa shape index (κ2) is 6.00. The molecule has 3 heterocycles. The Morgan fingerprint density at radius 2 is 1.88 bits per heavy atom. The number of thioether (sulfide) groups is 1. The molecule has 2 N–H and O–H groups in total. The molecule has 2 amide bonds. The summed E-state index contributed by atoms with van der Waals surface area (Å²) in [7, 11) is -2.09. The number of carboxylic acids is 1. The predicted octanol–water partition coefficient (Wildman–Crippen LogP) is 1.99. The highest BCUT2D eigenvalue weighted by Gasteiger charge is 2.64. The van der Waals surface area contributed by atoms with Gasteiger partial charge in [0.15, 0.2) is 14.4 Å². The largest absolute Gasteiger partial charge is 0.479 e. The average Bonchev–Trinajstić information content (AvgIpc) is 2.83. The molecule has 2 fully saturated rings. The van der Waals surface area contributed by atoms with Crippen molar-refractivity contribution in [1.82, 2.24) is 9.80 Å². The van der Waals surface area contributed by atoms with Crippen molar-refractivity contribution in [2.24, 2.45) is 0 Å². The first-order chi connectivity index (χ1) is 11.9. The number of aliphatic carboxylic acids is 1. The van der Waals surface area contributed by atoms with Crippen LogP contribution in [0.1, 0.15) is 20.8 Å². The van der Waals surface area contributed by atoms with Gasteiger partial charge in [-0.15, -0.1) is 11.8 Å². The van der Waals surface area contributed by atoms with Gasteiger partial charge in [0, 0.05) is 4.91 Å². The van der Waals surface area contributed by atoms with Crippen molar-refractivity contribution in [3.05, 3.63) is 10.5 Å². The second-order valence-corrected chi connectivity index (χ2v) is 14.1. The van der Waals surface area contributed by atoms with Crippen LogP contribution in [0.15, 0.2) is 10.5 Å². The summed E-state index contributed by atoms with van der Waals surface area (Å²) < 4.78 is 6.22. The molecule has 0 aromatic rings. The Morgan fingerprint density at radius 3 is 2.38 bits per heavy atom. The molecule has 0 bridgehead atoms. The number of β-lactam (4-membered cyclic amide) rings is 1.